The smallest absolute Gasteiger partial charge is 0.203 e. The molecule has 0 amide bonds. The highest BCUT2D eigenvalue weighted by Gasteiger charge is 2.16. The summed E-state index contributed by atoms with van der Waals surface area (Å²) in [5, 5.41) is 1.91. The van der Waals surface area contributed by atoms with Gasteiger partial charge in [0.1, 0.15) is 5.75 Å². The number of fused-ring (bicyclic) bond motifs is 1. The van der Waals surface area contributed by atoms with Gasteiger partial charge < -0.3 is 10.5 Å². The van der Waals surface area contributed by atoms with E-state index in [0.29, 0.717) is 10.2 Å². The van der Waals surface area contributed by atoms with E-state index in [1.54, 1.807) is 6.07 Å². The molecule has 0 spiro atoms. The van der Waals surface area contributed by atoms with Crippen molar-refractivity contribution in [3.63, 3.8) is 0 Å². The minimum absolute atomic E-state index is 0.0361. The Kier molecular flexibility index (Phi) is 3.51. The monoisotopic (exact) mass is 349 g/mol. The molecule has 3 aromatic rings. The number of benzene rings is 3. The Morgan fingerprint density at radius 1 is 0.952 bits per heavy atom. The van der Waals surface area contributed by atoms with Gasteiger partial charge in [-0.3, -0.25) is 0 Å². The molecule has 0 aliphatic carbocycles. The van der Waals surface area contributed by atoms with Gasteiger partial charge in [-0.1, -0.05) is 30.3 Å². The number of hydrogen-bond donors (Lipinski definition) is 1. The summed E-state index contributed by atoms with van der Waals surface area (Å²) in [6.45, 7) is 0. The zero-order valence-corrected chi connectivity index (χ0v) is 12.3. The van der Waals surface area contributed by atoms with Crippen LogP contribution in [0, 0.1) is 11.6 Å². The molecule has 0 aromatic heterocycles. The molecule has 3 rings (SSSR count). The van der Waals surface area contributed by atoms with Crippen molar-refractivity contribution in [2.45, 2.75) is 0 Å². The number of ether oxygens (including phenoxy) is 1. The summed E-state index contributed by atoms with van der Waals surface area (Å²) in [5.41, 5.74) is 5.69. The number of anilines is 1. The largest absolute Gasteiger partial charge is 0.451 e. The second kappa shape index (κ2) is 5.33. The van der Waals surface area contributed by atoms with Gasteiger partial charge in [0.15, 0.2) is 11.6 Å². The highest BCUT2D eigenvalue weighted by Crippen LogP contribution is 2.38. The molecule has 0 heterocycles. The molecular formula is C16H10BrF2NO. The normalized spacial score (nSPS) is 10.8. The van der Waals surface area contributed by atoms with Gasteiger partial charge in [0.25, 0.3) is 0 Å². The summed E-state index contributed by atoms with van der Waals surface area (Å²) >= 11 is 3.42. The van der Waals surface area contributed by atoms with Crippen LogP contribution in [0.3, 0.4) is 0 Å². The first-order valence-electron chi connectivity index (χ1n) is 6.16. The maximum absolute atomic E-state index is 13.8. The van der Waals surface area contributed by atoms with Crippen molar-refractivity contribution < 1.29 is 13.5 Å². The molecular weight excluding hydrogens is 340 g/mol. The van der Waals surface area contributed by atoms with Gasteiger partial charge in [0.2, 0.25) is 5.82 Å². The van der Waals surface area contributed by atoms with Crippen molar-refractivity contribution in [1.29, 1.82) is 0 Å². The second-order valence-corrected chi connectivity index (χ2v) is 5.27. The van der Waals surface area contributed by atoms with Crippen molar-refractivity contribution in [3.8, 4) is 11.5 Å². The molecule has 0 saturated carbocycles. The van der Waals surface area contributed by atoms with Gasteiger partial charge in [-0.2, -0.15) is 4.39 Å². The Bertz CT molecular complexity index is 836. The van der Waals surface area contributed by atoms with Crippen LogP contribution < -0.4 is 10.5 Å². The van der Waals surface area contributed by atoms with Crippen molar-refractivity contribution >= 4 is 32.4 Å². The van der Waals surface area contributed by atoms with Crippen molar-refractivity contribution in [3.05, 3.63) is 64.6 Å². The topological polar surface area (TPSA) is 35.2 Å². The third kappa shape index (κ3) is 2.45. The molecule has 0 aliphatic heterocycles. The maximum Gasteiger partial charge on any atom is 0.203 e. The summed E-state index contributed by atoms with van der Waals surface area (Å²) in [5.74, 6) is -2.05. The van der Waals surface area contributed by atoms with Crippen LogP contribution in [0.1, 0.15) is 0 Å². The lowest BCUT2D eigenvalue weighted by Crippen LogP contribution is -1.98. The minimum Gasteiger partial charge on any atom is -0.451 e. The van der Waals surface area contributed by atoms with Gasteiger partial charge in [0, 0.05) is 0 Å². The maximum atomic E-state index is 13.8. The Morgan fingerprint density at radius 3 is 2.52 bits per heavy atom. The molecule has 2 N–H and O–H groups in total. The fraction of sp³-hybridized carbons (Fsp3) is 0. The molecule has 0 fully saturated rings. The average Bonchev–Trinajstić information content (AvgIpc) is 2.50. The van der Waals surface area contributed by atoms with Crippen LogP contribution >= 0.6 is 15.9 Å². The zero-order chi connectivity index (χ0) is 15.0. The van der Waals surface area contributed by atoms with Gasteiger partial charge >= 0.3 is 0 Å². The molecule has 0 bridgehead atoms. The van der Waals surface area contributed by atoms with Crippen LogP contribution in [-0.4, -0.2) is 0 Å². The van der Waals surface area contributed by atoms with E-state index >= 15 is 0 Å². The highest BCUT2D eigenvalue weighted by atomic mass is 79.9. The lowest BCUT2D eigenvalue weighted by atomic mass is 10.1. The van der Waals surface area contributed by atoms with Crippen LogP contribution in [0.2, 0.25) is 0 Å². The standard InChI is InChI=1S/C16H10BrF2NO/c17-14-10-4-2-1-3-9(10)5-8-13(14)21-16-12(20)7-6-11(18)15(16)19/h1-8H,20H2. The first-order chi connectivity index (χ1) is 10.1. The average molecular weight is 350 g/mol. The molecule has 21 heavy (non-hydrogen) atoms. The Hall–Kier alpha value is -2.14. The third-order valence-corrected chi connectivity index (χ3v) is 3.94. The van der Waals surface area contributed by atoms with Crippen LogP contribution in [-0.2, 0) is 0 Å². The van der Waals surface area contributed by atoms with Gasteiger partial charge in [0.05, 0.1) is 10.2 Å². The van der Waals surface area contributed by atoms with E-state index in [1.165, 1.54) is 6.07 Å². The Morgan fingerprint density at radius 2 is 1.71 bits per heavy atom. The lowest BCUT2D eigenvalue weighted by Gasteiger charge is -2.12. The first kappa shape index (κ1) is 13.8. The van der Waals surface area contributed by atoms with Gasteiger partial charge in [-0.15, -0.1) is 0 Å². The van der Waals surface area contributed by atoms with Crippen molar-refractivity contribution in [2.75, 3.05) is 5.73 Å². The fourth-order valence-electron chi connectivity index (χ4n) is 2.05. The van der Waals surface area contributed by atoms with E-state index in [2.05, 4.69) is 15.9 Å². The molecule has 0 atom stereocenters. The fourth-order valence-corrected chi connectivity index (χ4v) is 2.63. The molecule has 0 aliphatic rings. The zero-order valence-electron chi connectivity index (χ0n) is 10.7. The number of rotatable bonds is 2. The van der Waals surface area contributed by atoms with Crippen LogP contribution in [0.25, 0.3) is 10.8 Å². The summed E-state index contributed by atoms with van der Waals surface area (Å²) in [7, 11) is 0. The number of halogens is 3. The van der Waals surface area contributed by atoms with Crippen LogP contribution in [0.5, 0.6) is 11.5 Å². The molecule has 0 radical (unpaired) electrons. The summed E-state index contributed by atoms with van der Waals surface area (Å²) in [6, 6.07) is 13.4. The molecule has 106 valence electrons. The van der Waals surface area contributed by atoms with Crippen molar-refractivity contribution in [2.24, 2.45) is 0 Å². The lowest BCUT2D eigenvalue weighted by molar-refractivity contribution is 0.417. The molecule has 5 heteroatoms. The summed E-state index contributed by atoms with van der Waals surface area (Å²) in [4.78, 5) is 0. The molecule has 0 unspecified atom stereocenters. The van der Waals surface area contributed by atoms with E-state index in [0.717, 1.165) is 16.8 Å². The predicted molar refractivity (Wildman–Crippen MR) is 82.5 cm³/mol. The molecule has 3 aromatic carbocycles. The summed E-state index contributed by atoms with van der Waals surface area (Å²) < 4.78 is 33.2. The van der Waals surface area contributed by atoms with Gasteiger partial charge in [-0.05, 0) is 44.9 Å². The predicted octanol–water partition coefficient (Wildman–Crippen LogP) is 5.26. The Balaban J connectivity index is 2.11. The van der Waals surface area contributed by atoms with E-state index in [1.807, 2.05) is 30.3 Å². The van der Waals surface area contributed by atoms with Crippen LogP contribution in [0.15, 0.2) is 53.0 Å². The van der Waals surface area contributed by atoms with E-state index in [-0.39, 0.29) is 11.4 Å². The number of nitrogen functional groups attached to an aromatic ring is 1. The van der Waals surface area contributed by atoms with E-state index in [9.17, 15) is 8.78 Å². The molecule has 2 nitrogen and oxygen atoms in total. The van der Waals surface area contributed by atoms with E-state index in [4.69, 9.17) is 10.5 Å². The highest BCUT2D eigenvalue weighted by molar-refractivity contribution is 9.10. The van der Waals surface area contributed by atoms with Gasteiger partial charge in [-0.25, -0.2) is 4.39 Å². The second-order valence-electron chi connectivity index (χ2n) is 4.48. The van der Waals surface area contributed by atoms with Crippen molar-refractivity contribution in [1.82, 2.24) is 0 Å². The van der Waals surface area contributed by atoms with E-state index < -0.39 is 11.6 Å². The number of hydrogen-bond acceptors (Lipinski definition) is 2. The third-order valence-electron chi connectivity index (χ3n) is 3.12. The molecule has 0 saturated heterocycles. The number of nitrogens with two attached hydrogens (primary N) is 1. The quantitative estimate of drug-likeness (QED) is 0.641. The SMILES string of the molecule is Nc1ccc(F)c(F)c1Oc1ccc2ccccc2c1Br. The minimum atomic E-state index is -1.10. The van der Waals surface area contributed by atoms with Crippen LogP contribution in [0.4, 0.5) is 14.5 Å². The summed E-state index contributed by atoms with van der Waals surface area (Å²) in [6.07, 6.45) is 0. The first-order valence-corrected chi connectivity index (χ1v) is 6.96. The Labute approximate surface area is 128 Å².